The number of phosphoric acid groups is 1. The molecule has 10 heteroatoms. The van der Waals surface area contributed by atoms with E-state index < -0.39 is 32.5 Å². The summed E-state index contributed by atoms with van der Waals surface area (Å²) in [7, 11) is 1.17. The van der Waals surface area contributed by atoms with Gasteiger partial charge in [-0.15, -0.1) is 0 Å². The lowest BCUT2D eigenvalue weighted by Gasteiger charge is -2.28. The van der Waals surface area contributed by atoms with E-state index in [1.807, 2.05) is 21.1 Å². The van der Waals surface area contributed by atoms with Crippen molar-refractivity contribution in [3.63, 3.8) is 0 Å². The maximum absolute atomic E-state index is 12.8. The summed E-state index contributed by atoms with van der Waals surface area (Å²) in [4.78, 5) is 37.7. The number of likely N-dealkylation sites (N-methyl/N-ethyl adjacent to an activating group) is 1. The molecule has 75 heavy (non-hydrogen) atoms. The van der Waals surface area contributed by atoms with Crippen molar-refractivity contribution in [1.82, 2.24) is 0 Å². The molecule has 0 bridgehead atoms. The summed E-state index contributed by atoms with van der Waals surface area (Å²) >= 11 is 0. The molecule has 0 heterocycles. The van der Waals surface area contributed by atoms with Gasteiger partial charge < -0.3 is 27.9 Å². The van der Waals surface area contributed by atoms with Crippen molar-refractivity contribution < 1.29 is 42.1 Å². The molecule has 0 aliphatic rings. The Balaban J connectivity index is 3.79. The van der Waals surface area contributed by atoms with Crippen molar-refractivity contribution in [2.75, 3.05) is 47.5 Å². The number of hydrogen-bond acceptors (Lipinski definition) is 8. The number of rotatable bonds is 58. The molecule has 0 N–H and O–H groups in total. The van der Waals surface area contributed by atoms with Gasteiger partial charge >= 0.3 is 11.9 Å². The second kappa shape index (κ2) is 56.4. The summed E-state index contributed by atoms with van der Waals surface area (Å²) in [5.74, 6) is -0.836. The molecule has 0 radical (unpaired) electrons. The molecule has 0 rings (SSSR count). The minimum atomic E-state index is -4.63. The number of carbonyl (C=O) groups is 2. The number of allylic oxidation sites excluding steroid dienone is 10. The van der Waals surface area contributed by atoms with Gasteiger partial charge in [-0.3, -0.25) is 14.2 Å². The van der Waals surface area contributed by atoms with E-state index in [0.29, 0.717) is 17.4 Å². The molecule has 0 saturated heterocycles. The fourth-order valence-electron chi connectivity index (χ4n) is 8.95. The van der Waals surface area contributed by atoms with Gasteiger partial charge in [0.25, 0.3) is 7.82 Å². The summed E-state index contributed by atoms with van der Waals surface area (Å²) in [5, 5.41) is 0. The van der Waals surface area contributed by atoms with E-state index in [1.54, 1.807) is 0 Å². The zero-order valence-electron chi connectivity index (χ0n) is 49.7. The molecule has 2 unspecified atom stereocenters. The van der Waals surface area contributed by atoms with Gasteiger partial charge in [0.15, 0.2) is 6.10 Å². The highest BCUT2D eigenvalue weighted by Crippen LogP contribution is 2.38. The normalized spacial score (nSPS) is 13.6. The second-order valence-electron chi connectivity index (χ2n) is 22.4. The number of carbonyl (C=O) groups excluding carboxylic acids is 2. The van der Waals surface area contributed by atoms with Crippen LogP contribution in [-0.4, -0.2) is 70.0 Å². The predicted molar refractivity (Wildman–Crippen MR) is 319 cm³/mol. The monoisotopic (exact) mass is 1070 g/mol. The van der Waals surface area contributed by atoms with Crippen LogP contribution in [0.25, 0.3) is 0 Å². The molecule has 0 aromatic heterocycles. The first-order valence-corrected chi connectivity index (χ1v) is 33.0. The number of esters is 2. The van der Waals surface area contributed by atoms with Gasteiger partial charge in [-0.05, 0) is 70.6 Å². The van der Waals surface area contributed by atoms with E-state index >= 15 is 0 Å². The zero-order chi connectivity index (χ0) is 54.9. The number of quaternary nitrogens is 1. The van der Waals surface area contributed by atoms with Crippen molar-refractivity contribution in [1.29, 1.82) is 0 Å². The molecule has 9 nitrogen and oxygen atoms in total. The van der Waals surface area contributed by atoms with E-state index in [4.69, 9.17) is 18.5 Å². The minimum absolute atomic E-state index is 0.0308. The highest BCUT2D eigenvalue weighted by Gasteiger charge is 2.22. The third kappa shape index (κ3) is 60.8. The summed E-state index contributed by atoms with van der Waals surface area (Å²) in [6, 6.07) is 0. The van der Waals surface area contributed by atoms with Crippen LogP contribution in [0.1, 0.15) is 290 Å². The molecule has 438 valence electrons. The van der Waals surface area contributed by atoms with Gasteiger partial charge in [-0.25, -0.2) is 0 Å². The summed E-state index contributed by atoms with van der Waals surface area (Å²) in [5.41, 5.74) is 0. The summed E-state index contributed by atoms with van der Waals surface area (Å²) in [6.45, 7) is 4.07. The highest BCUT2D eigenvalue weighted by atomic mass is 31.2. The first kappa shape index (κ1) is 72.7. The van der Waals surface area contributed by atoms with Crippen LogP contribution in [0.5, 0.6) is 0 Å². The quantitative estimate of drug-likeness (QED) is 0.0195. The van der Waals surface area contributed by atoms with E-state index in [1.165, 1.54) is 173 Å². The average molecular weight is 1070 g/mol. The fourth-order valence-corrected chi connectivity index (χ4v) is 9.68. The van der Waals surface area contributed by atoms with Gasteiger partial charge in [0.2, 0.25) is 0 Å². The lowest BCUT2D eigenvalue weighted by molar-refractivity contribution is -0.870. The zero-order valence-corrected chi connectivity index (χ0v) is 50.6. The molecule has 0 aliphatic carbocycles. The Morgan fingerprint density at radius 1 is 0.427 bits per heavy atom. The van der Waals surface area contributed by atoms with Crippen LogP contribution in [0.15, 0.2) is 60.8 Å². The van der Waals surface area contributed by atoms with E-state index in [0.717, 1.165) is 83.5 Å². The van der Waals surface area contributed by atoms with Crippen LogP contribution in [0.4, 0.5) is 0 Å². The molecule has 2 atom stereocenters. The number of unbranched alkanes of at least 4 members (excludes halogenated alkanes) is 34. The van der Waals surface area contributed by atoms with Crippen LogP contribution in [-0.2, 0) is 32.7 Å². The first-order valence-electron chi connectivity index (χ1n) is 31.5. The van der Waals surface area contributed by atoms with Crippen LogP contribution in [0.2, 0.25) is 0 Å². The number of phosphoric ester groups is 1. The van der Waals surface area contributed by atoms with Crippen LogP contribution in [0, 0.1) is 0 Å². The summed E-state index contributed by atoms with van der Waals surface area (Å²) < 4.78 is 34.0. The number of nitrogens with zero attached hydrogens (tertiary/aromatic N) is 1. The third-order valence-corrected chi connectivity index (χ3v) is 14.7. The first-order chi connectivity index (χ1) is 36.5. The number of hydrogen-bond donors (Lipinski definition) is 0. The maximum Gasteiger partial charge on any atom is 0.306 e. The Morgan fingerprint density at radius 2 is 0.760 bits per heavy atom. The minimum Gasteiger partial charge on any atom is -0.756 e. The molecule has 0 aliphatic heterocycles. The molecular weight excluding hydrogens is 954 g/mol. The van der Waals surface area contributed by atoms with Crippen LogP contribution in [0.3, 0.4) is 0 Å². The second-order valence-corrected chi connectivity index (χ2v) is 23.8. The Hall–Kier alpha value is -2.29. The van der Waals surface area contributed by atoms with Gasteiger partial charge in [-0.1, -0.05) is 267 Å². The fraction of sp³-hybridized carbons (Fsp3) is 0.815. The standard InChI is InChI=1S/C65H120NO8P/c1-6-8-10-12-14-16-18-19-20-21-22-23-24-25-26-27-28-29-30-31-32-33-34-35-36-37-38-39-40-41-42-43-44-45-46-47-48-50-52-54-56-58-65(68)74-63(62-73-75(69,70)72-60-59-66(3,4)5)61-71-64(67)57-55-53-51-49-17-15-13-11-9-7-2/h8,10-11,13-14,16,19-20,22-23,63H,6-7,9,12,15,17-18,21,24-62H2,1-5H3/b10-8-,13-11-,16-14-,20-19-,23-22-. The van der Waals surface area contributed by atoms with Crippen molar-refractivity contribution in [2.24, 2.45) is 0 Å². The molecule has 0 aromatic rings. The van der Waals surface area contributed by atoms with E-state index in [-0.39, 0.29) is 26.1 Å². The molecule has 0 amide bonds. The maximum atomic E-state index is 12.8. The van der Waals surface area contributed by atoms with Crippen molar-refractivity contribution in [3.8, 4) is 0 Å². The Kier molecular flexibility index (Phi) is 54.7. The molecule has 0 fully saturated rings. The third-order valence-electron chi connectivity index (χ3n) is 13.8. The largest absolute Gasteiger partial charge is 0.756 e. The van der Waals surface area contributed by atoms with Crippen LogP contribution < -0.4 is 4.89 Å². The lowest BCUT2D eigenvalue weighted by Crippen LogP contribution is -2.37. The molecular formula is C65H120NO8P. The Bertz CT molecular complexity index is 1450. The molecule has 0 spiro atoms. The van der Waals surface area contributed by atoms with E-state index in [9.17, 15) is 19.0 Å². The predicted octanol–water partition coefficient (Wildman–Crippen LogP) is 19.2. The van der Waals surface area contributed by atoms with Crippen LogP contribution >= 0.6 is 7.82 Å². The highest BCUT2D eigenvalue weighted by molar-refractivity contribution is 7.45. The van der Waals surface area contributed by atoms with Crippen molar-refractivity contribution in [3.05, 3.63) is 60.8 Å². The number of ether oxygens (including phenoxy) is 2. The van der Waals surface area contributed by atoms with Gasteiger partial charge in [0.1, 0.15) is 19.8 Å². The Labute approximate surface area is 464 Å². The smallest absolute Gasteiger partial charge is 0.306 e. The molecule has 0 saturated carbocycles. The summed E-state index contributed by atoms with van der Waals surface area (Å²) in [6.07, 6.45) is 73.3. The SMILES string of the molecule is CC/C=C\C/C=C\C/C=C\C/C=C\CCCCCCCCCCCCCCCCCCCCCCCCCCCCCCC(=O)OC(COC(=O)CCCCCCC/C=C\CCC)COP(=O)([O-])OCC[N+](C)(C)C. The van der Waals surface area contributed by atoms with Gasteiger partial charge in [-0.2, -0.15) is 0 Å². The Morgan fingerprint density at radius 3 is 1.15 bits per heavy atom. The van der Waals surface area contributed by atoms with E-state index in [2.05, 4.69) is 74.6 Å². The lowest BCUT2D eigenvalue weighted by atomic mass is 10.0. The van der Waals surface area contributed by atoms with Crippen molar-refractivity contribution in [2.45, 2.75) is 296 Å². The molecule has 0 aromatic carbocycles. The topological polar surface area (TPSA) is 111 Å². The van der Waals surface area contributed by atoms with Gasteiger partial charge in [0, 0.05) is 12.8 Å². The van der Waals surface area contributed by atoms with Gasteiger partial charge in [0.05, 0.1) is 27.7 Å². The van der Waals surface area contributed by atoms with Crippen molar-refractivity contribution >= 4 is 19.8 Å². The average Bonchev–Trinajstić information content (AvgIpc) is 3.37.